The first-order valence-corrected chi connectivity index (χ1v) is 18.2. The van der Waals surface area contributed by atoms with Crippen molar-refractivity contribution < 1.29 is 18.4 Å². The zero-order chi connectivity index (χ0) is 44.7. The number of hydrogen-bond donors (Lipinski definition) is 0. The van der Waals surface area contributed by atoms with Crippen molar-refractivity contribution >= 4 is 32.3 Å². The van der Waals surface area contributed by atoms with Crippen LogP contribution in [0, 0.1) is 0 Å². The van der Waals surface area contributed by atoms with Crippen LogP contribution in [0.3, 0.4) is 0 Å². The Hall–Kier alpha value is -7.22. The van der Waals surface area contributed by atoms with Gasteiger partial charge >= 0.3 is 0 Å². The van der Waals surface area contributed by atoms with E-state index in [-0.39, 0.29) is 59.5 Å². The summed E-state index contributed by atoms with van der Waals surface area (Å²) < 4.78 is 92.9. The molecule has 0 saturated carbocycles. The van der Waals surface area contributed by atoms with Gasteiger partial charge in [0.05, 0.1) is 13.7 Å². The Balaban J connectivity index is 1.07. The van der Waals surface area contributed by atoms with Crippen LogP contribution in [0.5, 0.6) is 11.5 Å². The van der Waals surface area contributed by atoms with Crippen LogP contribution in [0.15, 0.2) is 194 Å². The van der Waals surface area contributed by atoms with Gasteiger partial charge in [-0.1, -0.05) is 170 Å². The molecule has 0 saturated heterocycles. The van der Waals surface area contributed by atoms with Crippen LogP contribution in [0.1, 0.15) is 13.7 Å². The summed E-state index contributed by atoms with van der Waals surface area (Å²) in [6.07, 6.45) is 0. The summed E-state index contributed by atoms with van der Waals surface area (Å²) in [5.41, 5.74) is 10.7. The van der Waals surface area contributed by atoms with Gasteiger partial charge in [0.25, 0.3) is 0 Å². The molecule has 2 aliphatic rings. The lowest BCUT2D eigenvalue weighted by atomic mass is 9.82. The highest BCUT2D eigenvalue weighted by Crippen LogP contribution is 2.58. The van der Waals surface area contributed by atoms with Crippen LogP contribution in [0.4, 0.5) is 0 Å². The highest BCUT2D eigenvalue weighted by Gasteiger charge is 2.30. The Morgan fingerprint density at radius 3 is 1.65 bits per heavy atom. The topological polar surface area (TPSA) is 9.23 Å². The molecule has 10 aromatic carbocycles. The van der Waals surface area contributed by atoms with Gasteiger partial charge < -0.3 is 4.74 Å². The number of hydrogen-bond acceptors (Lipinski definition) is 1. The first kappa shape index (κ1) is 22.1. The van der Waals surface area contributed by atoms with Crippen LogP contribution < -0.4 is 4.74 Å². The van der Waals surface area contributed by atoms with Crippen molar-refractivity contribution in [2.75, 3.05) is 0 Å². The predicted octanol–water partition coefficient (Wildman–Crippen LogP) is 15.2. The second-order valence-electron chi connectivity index (χ2n) is 14.0. The fourth-order valence-electron chi connectivity index (χ4n) is 8.94. The van der Waals surface area contributed by atoms with Crippen molar-refractivity contribution in [3.05, 3.63) is 194 Å². The standard InChI is InChI=1S/C54H32O/c1-3-13-33(14-4-1)39-28-30-48-52-40(39)23-12-24-43(52)46-32-37(27-29-47(46)55-48)36-19-9-20-38(31-36)51-42-22-8-7-21-41(42)50(35-15-5-2-6-16-35)53-44-25-10-17-34-18-11-26-45(49(34)44)54(51)53/h1-32H/i1D,2D,3D,4D,5D,6D,13D,14D,15D,16D. The van der Waals surface area contributed by atoms with Crippen molar-refractivity contribution in [1.82, 2.24) is 0 Å². The lowest BCUT2D eigenvalue weighted by Crippen LogP contribution is -1.98. The second-order valence-corrected chi connectivity index (χ2v) is 14.0. The molecule has 0 fully saturated rings. The lowest BCUT2D eigenvalue weighted by Gasteiger charge is -2.23. The Bertz CT molecular complexity index is 3760. The maximum atomic E-state index is 9.17. The first-order valence-electron chi connectivity index (χ1n) is 23.2. The summed E-state index contributed by atoms with van der Waals surface area (Å²) in [4.78, 5) is 0. The van der Waals surface area contributed by atoms with E-state index in [0.29, 0.717) is 28.0 Å². The SMILES string of the molecule is [2H]c1c([2H])c([2H])c(-c2c3c(c(-c4cccc(-c5ccc6c(c5)-c5cccc7c(-c8c([2H])c([2H])c([2H])c([2H])c8[2H])ccc(c57)O6)c4)c4ccccc24)-c2cccc4cccc-3c24)c([2H])c1[2H]. The Kier molecular flexibility index (Phi) is 4.68. The Labute approximate surface area is 333 Å². The van der Waals surface area contributed by atoms with Crippen molar-refractivity contribution in [2.45, 2.75) is 0 Å². The zero-order valence-electron chi connectivity index (χ0n) is 39.1. The van der Waals surface area contributed by atoms with Gasteiger partial charge in [-0.3, -0.25) is 0 Å². The molecule has 1 aliphatic carbocycles. The first-order chi connectivity index (χ1) is 31.4. The zero-order valence-corrected chi connectivity index (χ0v) is 29.1. The fourth-order valence-corrected chi connectivity index (χ4v) is 8.94. The van der Waals surface area contributed by atoms with E-state index in [1.165, 1.54) is 0 Å². The predicted molar refractivity (Wildman–Crippen MR) is 231 cm³/mol. The van der Waals surface area contributed by atoms with Crippen molar-refractivity contribution in [1.29, 1.82) is 0 Å². The summed E-state index contributed by atoms with van der Waals surface area (Å²) >= 11 is 0. The number of ether oxygens (including phenoxy) is 1. The largest absolute Gasteiger partial charge is 0.456 e. The fraction of sp³-hybridized carbons (Fsp3) is 0. The van der Waals surface area contributed by atoms with E-state index in [4.69, 9.17) is 15.7 Å². The number of rotatable bonds is 4. The van der Waals surface area contributed by atoms with Crippen LogP contribution in [-0.4, -0.2) is 0 Å². The highest BCUT2D eigenvalue weighted by molar-refractivity contribution is 6.27. The van der Waals surface area contributed by atoms with Crippen LogP contribution >= 0.6 is 0 Å². The molecule has 10 aromatic rings. The monoisotopic (exact) mass is 706 g/mol. The maximum absolute atomic E-state index is 9.17. The third kappa shape index (κ3) is 4.41. The normalized spacial score (nSPS) is 14.7. The van der Waals surface area contributed by atoms with E-state index in [9.17, 15) is 2.74 Å². The average molecular weight is 707 g/mol. The molecule has 12 rings (SSSR count). The summed E-state index contributed by atoms with van der Waals surface area (Å²) in [5.74, 6) is 1.27. The lowest BCUT2D eigenvalue weighted by molar-refractivity contribution is 0.487. The van der Waals surface area contributed by atoms with Crippen molar-refractivity contribution in [3.8, 4) is 89.4 Å². The molecule has 0 amide bonds. The molecule has 0 atom stereocenters. The minimum Gasteiger partial charge on any atom is -0.456 e. The molecule has 0 unspecified atom stereocenters. The molecule has 1 heteroatoms. The van der Waals surface area contributed by atoms with Gasteiger partial charge in [0.2, 0.25) is 0 Å². The molecule has 0 spiro atoms. The van der Waals surface area contributed by atoms with Gasteiger partial charge in [0.1, 0.15) is 11.5 Å². The Morgan fingerprint density at radius 1 is 0.327 bits per heavy atom. The molecular weight excluding hydrogens is 665 g/mol. The van der Waals surface area contributed by atoms with Crippen LogP contribution in [0.25, 0.3) is 110 Å². The number of benzene rings is 10. The molecule has 1 nitrogen and oxygen atoms in total. The summed E-state index contributed by atoms with van der Waals surface area (Å²) in [5, 5.41) is 5.23. The summed E-state index contributed by atoms with van der Waals surface area (Å²) in [7, 11) is 0. The van der Waals surface area contributed by atoms with Crippen LogP contribution in [-0.2, 0) is 0 Å². The molecule has 0 N–H and O–H groups in total. The average Bonchev–Trinajstić information content (AvgIpc) is 3.66. The van der Waals surface area contributed by atoms with Gasteiger partial charge in [0.15, 0.2) is 0 Å². The minimum absolute atomic E-state index is 0.135. The van der Waals surface area contributed by atoms with E-state index in [1.54, 1.807) is 12.1 Å². The second kappa shape index (κ2) is 11.6. The van der Waals surface area contributed by atoms with E-state index >= 15 is 0 Å². The molecule has 0 aromatic heterocycles. The van der Waals surface area contributed by atoms with Crippen LogP contribution in [0.2, 0.25) is 0 Å². The van der Waals surface area contributed by atoms with E-state index in [0.717, 1.165) is 82.6 Å². The van der Waals surface area contributed by atoms with Crippen molar-refractivity contribution in [3.63, 3.8) is 0 Å². The molecular formula is C54H32O. The quantitative estimate of drug-likeness (QED) is 0.177. The molecule has 55 heavy (non-hydrogen) atoms. The van der Waals surface area contributed by atoms with Gasteiger partial charge in [-0.25, -0.2) is 0 Å². The van der Waals surface area contributed by atoms with Gasteiger partial charge in [-0.2, -0.15) is 0 Å². The third-order valence-corrected chi connectivity index (χ3v) is 11.2. The van der Waals surface area contributed by atoms with Gasteiger partial charge in [0, 0.05) is 10.9 Å². The molecule has 1 heterocycles. The number of fused-ring (bicyclic) bond motifs is 6. The van der Waals surface area contributed by atoms with E-state index in [1.807, 2.05) is 72.8 Å². The smallest absolute Gasteiger partial charge is 0.135 e. The Morgan fingerprint density at radius 2 is 0.909 bits per heavy atom. The van der Waals surface area contributed by atoms with Gasteiger partial charge in [-0.05, 0) is 124 Å². The van der Waals surface area contributed by atoms with Crippen molar-refractivity contribution in [2.24, 2.45) is 0 Å². The molecule has 0 bridgehead atoms. The third-order valence-electron chi connectivity index (χ3n) is 11.2. The molecule has 1 aliphatic heterocycles. The van der Waals surface area contributed by atoms with E-state index in [2.05, 4.69) is 48.5 Å². The van der Waals surface area contributed by atoms with E-state index < -0.39 is 12.1 Å². The van der Waals surface area contributed by atoms with Gasteiger partial charge in [-0.15, -0.1) is 0 Å². The molecule has 254 valence electrons. The minimum atomic E-state index is -0.439. The summed E-state index contributed by atoms with van der Waals surface area (Å²) in [6, 6.07) is 40.7. The summed E-state index contributed by atoms with van der Waals surface area (Å²) in [6.45, 7) is 0. The molecule has 0 radical (unpaired) electrons. The maximum Gasteiger partial charge on any atom is 0.135 e. The highest BCUT2D eigenvalue weighted by atomic mass is 16.5.